The monoisotopic (exact) mass is 397 g/mol. The molecule has 0 fully saturated rings. The SMILES string of the molecule is COc1cc2sc(C3=NNC(=O)CC3C)cc2cc1OCCN(C)C.Cl. The minimum atomic E-state index is -0.0318. The van der Waals surface area contributed by atoms with Gasteiger partial charge in [-0.15, -0.1) is 23.7 Å². The summed E-state index contributed by atoms with van der Waals surface area (Å²) in [6.45, 7) is 3.46. The number of hydrazone groups is 1. The molecule has 2 heterocycles. The molecule has 8 heteroatoms. The van der Waals surface area contributed by atoms with E-state index in [2.05, 4.69) is 21.5 Å². The van der Waals surface area contributed by atoms with Gasteiger partial charge in [-0.2, -0.15) is 5.10 Å². The molecule has 0 radical (unpaired) electrons. The minimum Gasteiger partial charge on any atom is -0.493 e. The Morgan fingerprint density at radius 1 is 1.31 bits per heavy atom. The second-order valence-electron chi connectivity index (χ2n) is 6.44. The Kier molecular flexibility index (Phi) is 6.86. The van der Waals surface area contributed by atoms with Gasteiger partial charge in [0.2, 0.25) is 5.91 Å². The Balaban J connectivity index is 0.00000243. The van der Waals surface area contributed by atoms with E-state index in [1.165, 1.54) is 0 Å². The molecule has 0 spiro atoms. The van der Waals surface area contributed by atoms with Crippen LogP contribution in [-0.4, -0.2) is 50.9 Å². The zero-order valence-electron chi connectivity index (χ0n) is 15.4. The quantitative estimate of drug-likeness (QED) is 0.813. The third-order valence-corrected chi connectivity index (χ3v) is 5.23. The molecule has 1 aromatic carbocycles. The number of nitrogens with zero attached hydrogens (tertiary/aromatic N) is 2. The molecule has 1 aromatic heterocycles. The van der Waals surface area contributed by atoms with E-state index >= 15 is 0 Å². The summed E-state index contributed by atoms with van der Waals surface area (Å²) in [5.41, 5.74) is 3.51. The predicted molar refractivity (Wildman–Crippen MR) is 108 cm³/mol. The first-order valence-electron chi connectivity index (χ1n) is 8.24. The second kappa shape index (κ2) is 8.70. The van der Waals surface area contributed by atoms with Crippen LogP contribution in [0.1, 0.15) is 18.2 Å². The number of benzene rings is 1. The van der Waals surface area contributed by atoms with Crippen LogP contribution in [-0.2, 0) is 4.79 Å². The predicted octanol–water partition coefficient (Wildman–Crippen LogP) is 3.13. The van der Waals surface area contributed by atoms with Gasteiger partial charge < -0.3 is 14.4 Å². The number of carbonyl (C=O) groups excluding carboxylic acids is 1. The molecule has 1 aliphatic heterocycles. The molecular weight excluding hydrogens is 374 g/mol. The van der Waals surface area contributed by atoms with Gasteiger partial charge in [0, 0.05) is 29.6 Å². The molecule has 1 N–H and O–H groups in total. The molecule has 142 valence electrons. The fourth-order valence-corrected chi connectivity index (χ4v) is 3.91. The number of rotatable bonds is 6. The van der Waals surface area contributed by atoms with Crippen LogP contribution in [0, 0.1) is 5.92 Å². The first kappa shape index (κ1) is 20.5. The van der Waals surface area contributed by atoms with E-state index < -0.39 is 0 Å². The summed E-state index contributed by atoms with van der Waals surface area (Å²) in [5, 5.41) is 5.34. The zero-order chi connectivity index (χ0) is 18.0. The summed E-state index contributed by atoms with van der Waals surface area (Å²) in [6, 6.07) is 6.11. The molecule has 0 aliphatic carbocycles. The summed E-state index contributed by atoms with van der Waals surface area (Å²) < 4.78 is 12.5. The summed E-state index contributed by atoms with van der Waals surface area (Å²) in [4.78, 5) is 14.6. The van der Waals surface area contributed by atoms with Crippen molar-refractivity contribution in [1.82, 2.24) is 10.3 Å². The van der Waals surface area contributed by atoms with Crippen LogP contribution in [0.5, 0.6) is 11.5 Å². The molecule has 0 saturated heterocycles. The van der Waals surface area contributed by atoms with Crippen LogP contribution >= 0.6 is 23.7 Å². The zero-order valence-corrected chi connectivity index (χ0v) is 17.0. The van der Waals surface area contributed by atoms with Crippen LogP contribution in [0.25, 0.3) is 10.1 Å². The molecule has 1 unspecified atom stereocenters. The van der Waals surface area contributed by atoms with Crippen molar-refractivity contribution in [1.29, 1.82) is 0 Å². The van der Waals surface area contributed by atoms with E-state index in [9.17, 15) is 4.79 Å². The number of thiophene rings is 1. The highest BCUT2D eigenvalue weighted by molar-refractivity contribution is 7.21. The van der Waals surface area contributed by atoms with E-state index in [0.29, 0.717) is 13.0 Å². The lowest BCUT2D eigenvalue weighted by Gasteiger charge is -2.17. The highest BCUT2D eigenvalue weighted by Gasteiger charge is 2.23. The number of halogens is 1. The topological polar surface area (TPSA) is 63.2 Å². The summed E-state index contributed by atoms with van der Waals surface area (Å²) in [7, 11) is 5.68. The Bertz CT molecular complexity index is 819. The Labute approximate surface area is 163 Å². The maximum absolute atomic E-state index is 11.4. The summed E-state index contributed by atoms with van der Waals surface area (Å²) >= 11 is 1.65. The number of hydrogen-bond donors (Lipinski definition) is 1. The number of hydrogen-bond acceptors (Lipinski definition) is 6. The van der Waals surface area contributed by atoms with E-state index in [4.69, 9.17) is 9.47 Å². The van der Waals surface area contributed by atoms with Gasteiger partial charge in [0.1, 0.15) is 6.61 Å². The molecule has 1 amide bonds. The summed E-state index contributed by atoms with van der Waals surface area (Å²) in [6.07, 6.45) is 0.468. The smallest absolute Gasteiger partial charge is 0.240 e. The average molecular weight is 398 g/mol. The van der Waals surface area contributed by atoms with E-state index in [0.717, 1.165) is 38.7 Å². The molecule has 1 atom stereocenters. The summed E-state index contributed by atoms with van der Waals surface area (Å²) in [5.74, 6) is 1.55. The van der Waals surface area contributed by atoms with Gasteiger partial charge in [-0.25, -0.2) is 5.43 Å². The van der Waals surface area contributed by atoms with Gasteiger partial charge in [0.15, 0.2) is 11.5 Å². The van der Waals surface area contributed by atoms with Gasteiger partial charge >= 0.3 is 0 Å². The van der Waals surface area contributed by atoms with Crippen molar-refractivity contribution in [3.8, 4) is 11.5 Å². The standard InChI is InChI=1S/C18H23N3O3S.ClH/c1-11-7-17(22)19-20-18(11)16-9-12-8-14(24-6-5-21(2)3)13(23-4)10-15(12)25-16;/h8-11H,5-7H2,1-4H3,(H,19,22);1H. The van der Waals surface area contributed by atoms with Crippen molar-refractivity contribution in [3.63, 3.8) is 0 Å². The first-order chi connectivity index (χ1) is 12.0. The largest absolute Gasteiger partial charge is 0.493 e. The van der Waals surface area contributed by atoms with Crippen molar-refractivity contribution >= 4 is 45.4 Å². The Hall–Kier alpha value is -1.83. The molecule has 0 bridgehead atoms. The molecule has 3 rings (SSSR count). The van der Waals surface area contributed by atoms with Gasteiger partial charge in [-0.1, -0.05) is 6.92 Å². The Morgan fingerprint density at radius 3 is 2.73 bits per heavy atom. The lowest BCUT2D eigenvalue weighted by molar-refractivity contribution is -0.121. The van der Waals surface area contributed by atoms with Crippen molar-refractivity contribution in [2.24, 2.45) is 11.0 Å². The maximum atomic E-state index is 11.4. The van der Waals surface area contributed by atoms with Gasteiger partial charge in [-0.3, -0.25) is 4.79 Å². The lowest BCUT2D eigenvalue weighted by atomic mass is 9.99. The number of carbonyl (C=O) groups is 1. The third-order valence-electron chi connectivity index (χ3n) is 4.11. The van der Waals surface area contributed by atoms with E-state index in [1.807, 2.05) is 33.2 Å². The normalized spacial score (nSPS) is 16.9. The van der Waals surface area contributed by atoms with Crippen LogP contribution < -0.4 is 14.9 Å². The van der Waals surface area contributed by atoms with Crippen LogP contribution in [0.4, 0.5) is 0 Å². The first-order valence-corrected chi connectivity index (χ1v) is 9.05. The van der Waals surface area contributed by atoms with Crippen molar-refractivity contribution in [2.45, 2.75) is 13.3 Å². The molecule has 26 heavy (non-hydrogen) atoms. The van der Waals surface area contributed by atoms with Gasteiger partial charge in [-0.05, 0) is 31.6 Å². The number of nitrogens with one attached hydrogen (secondary N) is 1. The van der Waals surface area contributed by atoms with Crippen molar-refractivity contribution in [2.75, 3.05) is 34.4 Å². The number of likely N-dealkylation sites (N-methyl/N-ethyl adjacent to an activating group) is 1. The number of fused-ring (bicyclic) bond motifs is 1. The Morgan fingerprint density at radius 2 is 2.08 bits per heavy atom. The van der Waals surface area contributed by atoms with E-state index in [-0.39, 0.29) is 24.2 Å². The number of methoxy groups -OCH3 is 1. The van der Waals surface area contributed by atoms with Crippen LogP contribution in [0.2, 0.25) is 0 Å². The second-order valence-corrected chi connectivity index (χ2v) is 7.52. The molecule has 1 aliphatic rings. The van der Waals surface area contributed by atoms with Crippen LogP contribution in [0.3, 0.4) is 0 Å². The fourth-order valence-electron chi connectivity index (χ4n) is 2.74. The third kappa shape index (κ3) is 4.47. The molecular formula is C18H24ClN3O3S. The molecule has 0 saturated carbocycles. The fraction of sp³-hybridized carbons (Fsp3) is 0.444. The number of amides is 1. The van der Waals surface area contributed by atoms with Gasteiger partial charge in [0.05, 0.1) is 17.7 Å². The molecule has 2 aromatic rings. The maximum Gasteiger partial charge on any atom is 0.240 e. The lowest BCUT2D eigenvalue weighted by Crippen LogP contribution is -2.31. The van der Waals surface area contributed by atoms with Crippen LogP contribution in [0.15, 0.2) is 23.3 Å². The highest BCUT2D eigenvalue weighted by atomic mass is 35.5. The molecule has 6 nitrogen and oxygen atoms in total. The van der Waals surface area contributed by atoms with Gasteiger partial charge in [0.25, 0.3) is 0 Å². The highest BCUT2D eigenvalue weighted by Crippen LogP contribution is 2.37. The van der Waals surface area contributed by atoms with Crippen molar-refractivity contribution in [3.05, 3.63) is 23.1 Å². The van der Waals surface area contributed by atoms with Crippen molar-refractivity contribution < 1.29 is 14.3 Å². The van der Waals surface area contributed by atoms with E-state index in [1.54, 1.807) is 18.4 Å². The minimum absolute atomic E-state index is 0. The average Bonchev–Trinajstić information content (AvgIpc) is 2.96. The number of ether oxygens (including phenoxy) is 2.